The van der Waals surface area contributed by atoms with Gasteiger partial charge in [0, 0.05) is 5.92 Å². The summed E-state index contributed by atoms with van der Waals surface area (Å²) in [7, 11) is 0. The summed E-state index contributed by atoms with van der Waals surface area (Å²) in [5.74, 6) is 0.218. The van der Waals surface area contributed by atoms with Gasteiger partial charge >= 0.3 is 0 Å². The van der Waals surface area contributed by atoms with Gasteiger partial charge in [-0.2, -0.15) is 0 Å². The predicted octanol–water partition coefficient (Wildman–Crippen LogP) is 1.49. The van der Waals surface area contributed by atoms with Crippen molar-refractivity contribution in [3.63, 3.8) is 0 Å². The van der Waals surface area contributed by atoms with E-state index >= 15 is 0 Å². The van der Waals surface area contributed by atoms with Gasteiger partial charge in [-0.3, -0.25) is 4.79 Å². The molecule has 2 bridgehead atoms. The van der Waals surface area contributed by atoms with Crippen LogP contribution in [0.15, 0.2) is 12.2 Å². The summed E-state index contributed by atoms with van der Waals surface area (Å²) in [5.41, 5.74) is -1.51. The fraction of sp³-hybridized carbons (Fsp3) is 0.625. The van der Waals surface area contributed by atoms with E-state index in [2.05, 4.69) is 0 Å². The van der Waals surface area contributed by atoms with Gasteiger partial charge in [-0.05, 0) is 18.8 Å². The van der Waals surface area contributed by atoms with Crippen LogP contribution in [0.25, 0.3) is 0 Å². The van der Waals surface area contributed by atoms with Crippen LogP contribution >= 0.6 is 0 Å². The molecule has 3 atom stereocenters. The first kappa shape index (κ1) is 6.08. The van der Waals surface area contributed by atoms with Gasteiger partial charge in [0.25, 0.3) is 0 Å². The quantitative estimate of drug-likeness (QED) is 0.398. The number of halogens is 1. The van der Waals surface area contributed by atoms with E-state index in [1.807, 2.05) is 12.2 Å². The zero-order valence-electron chi connectivity index (χ0n) is 5.59. The van der Waals surface area contributed by atoms with Crippen molar-refractivity contribution < 1.29 is 9.18 Å². The zero-order chi connectivity index (χ0) is 7.19. The Labute approximate surface area is 58.9 Å². The fourth-order valence-corrected chi connectivity index (χ4v) is 1.97. The van der Waals surface area contributed by atoms with Gasteiger partial charge in [0.15, 0.2) is 12.0 Å². The molecule has 0 unspecified atom stereocenters. The van der Waals surface area contributed by atoms with Gasteiger partial charge in [0.05, 0.1) is 0 Å². The second-order valence-electron chi connectivity index (χ2n) is 3.24. The molecule has 0 saturated heterocycles. The van der Waals surface area contributed by atoms with E-state index in [1.165, 1.54) is 0 Å². The van der Waals surface area contributed by atoms with E-state index in [0.717, 1.165) is 6.42 Å². The Morgan fingerprint density at radius 3 is 2.70 bits per heavy atom. The summed E-state index contributed by atoms with van der Waals surface area (Å²) < 4.78 is 13.3. The van der Waals surface area contributed by atoms with Crippen LogP contribution in [-0.2, 0) is 4.79 Å². The molecule has 2 heteroatoms. The first-order valence-electron chi connectivity index (χ1n) is 3.58. The third kappa shape index (κ3) is 0.591. The lowest BCUT2D eigenvalue weighted by Gasteiger charge is -2.19. The van der Waals surface area contributed by atoms with Crippen molar-refractivity contribution in [1.29, 1.82) is 0 Å². The van der Waals surface area contributed by atoms with Gasteiger partial charge < -0.3 is 0 Å². The number of aldehydes is 1. The number of hydrogen-bond donors (Lipinski definition) is 0. The van der Waals surface area contributed by atoms with E-state index in [9.17, 15) is 9.18 Å². The largest absolute Gasteiger partial charge is 0.300 e. The minimum atomic E-state index is -1.51. The molecule has 2 aliphatic rings. The van der Waals surface area contributed by atoms with Crippen LogP contribution in [-0.4, -0.2) is 12.0 Å². The molecule has 0 spiro atoms. The number of alkyl halides is 1. The normalized spacial score (nSPS) is 50.1. The summed E-state index contributed by atoms with van der Waals surface area (Å²) in [6.45, 7) is 0. The topological polar surface area (TPSA) is 17.1 Å². The number of fused-ring (bicyclic) bond motifs is 2. The highest BCUT2D eigenvalue weighted by Gasteiger charge is 2.48. The van der Waals surface area contributed by atoms with Gasteiger partial charge in [-0.25, -0.2) is 4.39 Å². The SMILES string of the molecule is O=C[C@]1(F)C[C@@H]2C=C[C@H]1C2. The van der Waals surface area contributed by atoms with Crippen molar-refractivity contribution >= 4 is 6.29 Å². The van der Waals surface area contributed by atoms with Gasteiger partial charge in [0.2, 0.25) is 0 Å². The molecule has 1 saturated carbocycles. The van der Waals surface area contributed by atoms with Crippen LogP contribution < -0.4 is 0 Å². The average Bonchev–Trinajstić information content (AvgIpc) is 2.46. The van der Waals surface area contributed by atoms with E-state index in [4.69, 9.17) is 0 Å². The lowest BCUT2D eigenvalue weighted by atomic mass is 9.92. The summed E-state index contributed by atoms with van der Waals surface area (Å²) in [4.78, 5) is 10.3. The molecular weight excluding hydrogens is 131 g/mol. The van der Waals surface area contributed by atoms with E-state index in [-0.39, 0.29) is 5.92 Å². The molecule has 0 heterocycles. The van der Waals surface area contributed by atoms with E-state index in [0.29, 0.717) is 18.6 Å². The minimum Gasteiger partial charge on any atom is -0.300 e. The highest BCUT2D eigenvalue weighted by molar-refractivity contribution is 5.65. The predicted molar refractivity (Wildman–Crippen MR) is 35.3 cm³/mol. The molecule has 0 aromatic carbocycles. The third-order valence-corrected chi connectivity index (χ3v) is 2.56. The maximum atomic E-state index is 13.3. The Bertz CT molecular complexity index is 199. The molecule has 0 radical (unpaired) electrons. The van der Waals surface area contributed by atoms with Crippen LogP contribution in [0.3, 0.4) is 0 Å². The molecule has 10 heavy (non-hydrogen) atoms. The number of carbonyl (C=O) groups excluding carboxylic acids is 1. The molecule has 0 aromatic heterocycles. The molecule has 0 amide bonds. The lowest BCUT2D eigenvalue weighted by molar-refractivity contribution is -0.119. The fourth-order valence-electron chi connectivity index (χ4n) is 1.97. The van der Waals surface area contributed by atoms with Crippen LogP contribution in [0.1, 0.15) is 12.8 Å². The van der Waals surface area contributed by atoms with E-state index < -0.39 is 5.67 Å². The Morgan fingerprint density at radius 1 is 1.60 bits per heavy atom. The second-order valence-corrected chi connectivity index (χ2v) is 3.24. The maximum Gasteiger partial charge on any atom is 0.172 e. The summed E-state index contributed by atoms with van der Waals surface area (Å²) >= 11 is 0. The van der Waals surface area contributed by atoms with Crippen molar-refractivity contribution in [2.75, 3.05) is 0 Å². The van der Waals surface area contributed by atoms with Crippen LogP contribution in [0.5, 0.6) is 0 Å². The van der Waals surface area contributed by atoms with Crippen molar-refractivity contribution in [2.24, 2.45) is 11.8 Å². The van der Waals surface area contributed by atoms with Gasteiger partial charge in [-0.1, -0.05) is 12.2 Å². The first-order valence-corrected chi connectivity index (χ1v) is 3.58. The first-order chi connectivity index (χ1) is 4.74. The molecule has 1 fully saturated rings. The Hall–Kier alpha value is -0.660. The molecule has 2 rings (SSSR count). The highest BCUT2D eigenvalue weighted by Crippen LogP contribution is 2.47. The Balaban J connectivity index is 2.30. The third-order valence-electron chi connectivity index (χ3n) is 2.56. The van der Waals surface area contributed by atoms with Crippen molar-refractivity contribution in [1.82, 2.24) is 0 Å². The maximum absolute atomic E-state index is 13.3. The molecule has 0 aliphatic heterocycles. The molecule has 1 nitrogen and oxygen atoms in total. The Kier molecular flexibility index (Phi) is 1.02. The summed E-state index contributed by atoms with van der Waals surface area (Å²) in [6.07, 6.45) is 5.59. The number of rotatable bonds is 1. The Morgan fingerprint density at radius 2 is 2.40 bits per heavy atom. The lowest BCUT2D eigenvalue weighted by Crippen LogP contribution is -2.29. The number of carbonyl (C=O) groups is 1. The van der Waals surface area contributed by atoms with Crippen molar-refractivity contribution in [2.45, 2.75) is 18.5 Å². The van der Waals surface area contributed by atoms with Crippen LogP contribution in [0.2, 0.25) is 0 Å². The second kappa shape index (κ2) is 1.68. The molecular formula is C8H9FO. The standard InChI is InChI=1S/C8H9FO/c9-8(5-10)4-6-1-2-7(8)3-6/h1-2,5-7H,3-4H2/t6-,7+,8-/m1/s1. The van der Waals surface area contributed by atoms with Crippen LogP contribution in [0.4, 0.5) is 4.39 Å². The minimum absolute atomic E-state index is 0.116. The number of allylic oxidation sites excluding steroid dienone is 2. The number of hydrogen-bond acceptors (Lipinski definition) is 1. The zero-order valence-corrected chi connectivity index (χ0v) is 5.59. The smallest absolute Gasteiger partial charge is 0.172 e. The van der Waals surface area contributed by atoms with Gasteiger partial charge in [0.1, 0.15) is 0 Å². The van der Waals surface area contributed by atoms with E-state index in [1.54, 1.807) is 0 Å². The molecule has 0 aromatic rings. The highest BCUT2D eigenvalue weighted by atomic mass is 19.1. The average molecular weight is 140 g/mol. The summed E-state index contributed by atoms with van der Waals surface area (Å²) in [5, 5.41) is 0. The van der Waals surface area contributed by atoms with Gasteiger partial charge in [-0.15, -0.1) is 0 Å². The van der Waals surface area contributed by atoms with Crippen molar-refractivity contribution in [3.05, 3.63) is 12.2 Å². The molecule has 54 valence electrons. The molecule has 2 aliphatic carbocycles. The van der Waals surface area contributed by atoms with Crippen molar-refractivity contribution in [3.8, 4) is 0 Å². The van der Waals surface area contributed by atoms with Crippen LogP contribution in [0, 0.1) is 11.8 Å². The molecule has 0 N–H and O–H groups in total. The summed E-state index contributed by atoms with van der Waals surface area (Å²) in [6, 6.07) is 0. The monoisotopic (exact) mass is 140 g/mol.